The smallest absolute Gasteiger partial charge is 0.223 e. The largest absolute Gasteiger partial charge is 0.356 e. The Kier molecular flexibility index (Phi) is 2.95. The highest BCUT2D eigenvalue weighted by atomic mass is 79.9. The van der Waals surface area contributed by atoms with Crippen molar-refractivity contribution in [3.05, 3.63) is 34.3 Å². The topological polar surface area (TPSA) is 29.1 Å². The first-order chi connectivity index (χ1) is 8.24. The third-order valence-electron chi connectivity index (χ3n) is 3.69. The molecule has 3 heteroatoms. The van der Waals surface area contributed by atoms with Crippen LogP contribution in [0.2, 0.25) is 0 Å². The average Bonchev–Trinajstić information content (AvgIpc) is 3.20. The molecule has 1 amide bonds. The van der Waals surface area contributed by atoms with Gasteiger partial charge >= 0.3 is 0 Å². The van der Waals surface area contributed by atoms with Crippen LogP contribution in [0.3, 0.4) is 0 Å². The van der Waals surface area contributed by atoms with Gasteiger partial charge in [0, 0.05) is 16.9 Å². The van der Waals surface area contributed by atoms with Crippen LogP contribution in [-0.4, -0.2) is 12.5 Å². The molecule has 2 fully saturated rings. The van der Waals surface area contributed by atoms with E-state index >= 15 is 0 Å². The number of hydrogen-bond acceptors (Lipinski definition) is 1. The highest BCUT2D eigenvalue weighted by Gasteiger charge is 2.43. The van der Waals surface area contributed by atoms with Crippen molar-refractivity contribution in [3.8, 4) is 0 Å². The fourth-order valence-corrected chi connectivity index (χ4v) is 2.53. The highest BCUT2D eigenvalue weighted by Crippen LogP contribution is 2.47. The van der Waals surface area contributed by atoms with E-state index in [1.807, 2.05) is 12.1 Å². The molecule has 2 aliphatic carbocycles. The second-order valence-electron chi connectivity index (χ2n) is 5.19. The number of nitrogens with one attached hydrogen (secondary N) is 1. The number of halogens is 1. The first-order valence-corrected chi connectivity index (χ1v) is 7.06. The second-order valence-corrected chi connectivity index (χ2v) is 6.10. The lowest BCUT2D eigenvalue weighted by Gasteiger charge is -2.03. The predicted octanol–water partition coefficient (Wildman–Crippen LogP) is 3.08. The Balaban J connectivity index is 1.54. The van der Waals surface area contributed by atoms with E-state index in [1.54, 1.807) is 0 Å². The van der Waals surface area contributed by atoms with Gasteiger partial charge in [-0.1, -0.05) is 28.1 Å². The second kappa shape index (κ2) is 4.45. The molecule has 3 rings (SSSR count). The molecule has 0 aliphatic heterocycles. The van der Waals surface area contributed by atoms with Crippen molar-refractivity contribution in [2.75, 3.05) is 6.54 Å². The van der Waals surface area contributed by atoms with Gasteiger partial charge in [-0.05, 0) is 48.8 Å². The molecule has 2 saturated carbocycles. The molecule has 0 unspecified atom stereocenters. The zero-order valence-electron chi connectivity index (χ0n) is 9.66. The van der Waals surface area contributed by atoms with E-state index in [1.165, 1.54) is 18.4 Å². The lowest BCUT2D eigenvalue weighted by atomic mass is 10.1. The molecule has 2 atom stereocenters. The molecule has 2 aliphatic rings. The summed E-state index contributed by atoms with van der Waals surface area (Å²) in [5.41, 5.74) is 1.29. The quantitative estimate of drug-likeness (QED) is 0.908. The molecule has 0 radical (unpaired) electrons. The molecule has 1 aromatic carbocycles. The van der Waals surface area contributed by atoms with E-state index in [0.717, 1.165) is 23.4 Å². The summed E-state index contributed by atoms with van der Waals surface area (Å²) in [7, 11) is 0. The van der Waals surface area contributed by atoms with Crippen molar-refractivity contribution in [1.82, 2.24) is 5.32 Å². The van der Waals surface area contributed by atoms with Crippen molar-refractivity contribution < 1.29 is 4.79 Å². The summed E-state index contributed by atoms with van der Waals surface area (Å²) in [6, 6.07) is 8.32. The monoisotopic (exact) mass is 293 g/mol. The van der Waals surface area contributed by atoms with Crippen LogP contribution in [0.5, 0.6) is 0 Å². The van der Waals surface area contributed by atoms with E-state index in [4.69, 9.17) is 0 Å². The zero-order chi connectivity index (χ0) is 11.8. The summed E-state index contributed by atoms with van der Waals surface area (Å²) >= 11 is 3.43. The summed E-state index contributed by atoms with van der Waals surface area (Å²) in [5, 5.41) is 3.07. The fraction of sp³-hybridized carbons (Fsp3) is 0.500. The first-order valence-electron chi connectivity index (χ1n) is 6.27. The number of hydrogen-bond donors (Lipinski definition) is 1. The fourth-order valence-electron chi connectivity index (χ4n) is 2.26. The van der Waals surface area contributed by atoms with Gasteiger partial charge in [-0.3, -0.25) is 4.79 Å². The molecular formula is C14H16BrNO. The molecule has 17 heavy (non-hydrogen) atoms. The molecule has 2 nitrogen and oxygen atoms in total. The molecule has 90 valence electrons. The summed E-state index contributed by atoms with van der Waals surface area (Å²) in [4.78, 5) is 11.9. The van der Waals surface area contributed by atoms with Gasteiger partial charge in [0.15, 0.2) is 0 Å². The number of rotatable bonds is 4. The number of amides is 1. The molecule has 1 N–H and O–H groups in total. The van der Waals surface area contributed by atoms with Gasteiger partial charge < -0.3 is 5.32 Å². The standard InChI is InChI=1S/C14H16BrNO/c15-11-5-3-10(4-6-11)12-7-13(12)14(17)16-8-9-1-2-9/h3-6,9,12-13H,1-2,7-8H2,(H,16,17)/t12-,13-/m1/s1. The van der Waals surface area contributed by atoms with Gasteiger partial charge in [-0.2, -0.15) is 0 Å². The van der Waals surface area contributed by atoms with Gasteiger partial charge in [-0.25, -0.2) is 0 Å². The first kappa shape index (κ1) is 11.3. The third-order valence-corrected chi connectivity index (χ3v) is 4.22. The molecule has 0 saturated heterocycles. The van der Waals surface area contributed by atoms with Crippen LogP contribution in [0.1, 0.15) is 30.7 Å². The van der Waals surface area contributed by atoms with E-state index in [-0.39, 0.29) is 11.8 Å². The van der Waals surface area contributed by atoms with E-state index in [2.05, 4.69) is 33.4 Å². The molecule has 1 aromatic rings. The zero-order valence-corrected chi connectivity index (χ0v) is 11.2. The van der Waals surface area contributed by atoms with Gasteiger partial charge in [0.05, 0.1) is 0 Å². The molecule has 0 heterocycles. The Labute approximate surface area is 110 Å². The molecule has 0 aromatic heterocycles. The Morgan fingerprint density at radius 2 is 2.00 bits per heavy atom. The van der Waals surface area contributed by atoms with Crippen LogP contribution in [0.4, 0.5) is 0 Å². The lowest BCUT2D eigenvalue weighted by molar-refractivity contribution is -0.122. The van der Waals surface area contributed by atoms with Gasteiger partial charge in [0.25, 0.3) is 0 Å². The Morgan fingerprint density at radius 3 is 2.65 bits per heavy atom. The van der Waals surface area contributed by atoms with Crippen molar-refractivity contribution in [3.63, 3.8) is 0 Å². The third kappa shape index (κ3) is 2.71. The summed E-state index contributed by atoms with van der Waals surface area (Å²) in [6.45, 7) is 0.891. The van der Waals surface area contributed by atoms with Crippen LogP contribution < -0.4 is 5.32 Å². The molecule has 0 spiro atoms. The normalized spacial score (nSPS) is 26.6. The Morgan fingerprint density at radius 1 is 1.29 bits per heavy atom. The van der Waals surface area contributed by atoms with Gasteiger partial charge in [0.2, 0.25) is 5.91 Å². The van der Waals surface area contributed by atoms with Crippen LogP contribution in [0.15, 0.2) is 28.7 Å². The van der Waals surface area contributed by atoms with Gasteiger partial charge in [-0.15, -0.1) is 0 Å². The Bertz CT molecular complexity index is 424. The SMILES string of the molecule is O=C(NCC1CC1)[C@@H]1C[C@@H]1c1ccc(Br)cc1. The number of benzene rings is 1. The summed E-state index contributed by atoms with van der Waals surface area (Å²) < 4.78 is 1.09. The van der Waals surface area contributed by atoms with E-state index < -0.39 is 0 Å². The molecule has 0 bridgehead atoms. The average molecular weight is 294 g/mol. The van der Waals surface area contributed by atoms with Crippen LogP contribution in [0.25, 0.3) is 0 Å². The summed E-state index contributed by atoms with van der Waals surface area (Å²) in [5.74, 6) is 1.69. The maximum absolute atomic E-state index is 11.9. The maximum Gasteiger partial charge on any atom is 0.223 e. The minimum absolute atomic E-state index is 0.218. The van der Waals surface area contributed by atoms with Crippen LogP contribution in [0, 0.1) is 11.8 Å². The minimum atomic E-state index is 0.218. The van der Waals surface area contributed by atoms with Gasteiger partial charge in [0.1, 0.15) is 0 Å². The maximum atomic E-state index is 11.9. The molecular weight excluding hydrogens is 278 g/mol. The lowest BCUT2D eigenvalue weighted by Crippen LogP contribution is -2.27. The summed E-state index contributed by atoms with van der Waals surface area (Å²) in [6.07, 6.45) is 3.60. The van der Waals surface area contributed by atoms with E-state index in [9.17, 15) is 4.79 Å². The van der Waals surface area contributed by atoms with Crippen molar-refractivity contribution in [2.45, 2.75) is 25.2 Å². The number of carbonyl (C=O) groups excluding carboxylic acids is 1. The van der Waals surface area contributed by atoms with Crippen LogP contribution >= 0.6 is 15.9 Å². The van der Waals surface area contributed by atoms with Crippen molar-refractivity contribution >= 4 is 21.8 Å². The van der Waals surface area contributed by atoms with Crippen molar-refractivity contribution in [1.29, 1.82) is 0 Å². The Hall–Kier alpha value is -0.830. The predicted molar refractivity (Wildman–Crippen MR) is 70.7 cm³/mol. The minimum Gasteiger partial charge on any atom is -0.356 e. The number of carbonyl (C=O) groups is 1. The van der Waals surface area contributed by atoms with Crippen molar-refractivity contribution in [2.24, 2.45) is 11.8 Å². The van der Waals surface area contributed by atoms with E-state index in [0.29, 0.717) is 5.92 Å². The highest BCUT2D eigenvalue weighted by molar-refractivity contribution is 9.10. The van der Waals surface area contributed by atoms with Crippen LogP contribution in [-0.2, 0) is 4.79 Å².